The average Bonchev–Trinajstić information content (AvgIpc) is 2.45. The van der Waals surface area contributed by atoms with E-state index in [1.54, 1.807) is 7.11 Å². The highest BCUT2D eigenvalue weighted by atomic mass is 16.5. The Labute approximate surface area is 114 Å². The Kier molecular flexibility index (Phi) is 4.80. The number of ether oxygens (including phenoxy) is 2. The molecule has 0 bridgehead atoms. The molecule has 2 unspecified atom stereocenters. The smallest absolute Gasteiger partial charge is 0.323 e. The molecule has 1 fully saturated rings. The first-order chi connectivity index (χ1) is 9.19. The Morgan fingerprint density at radius 1 is 1.37 bits per heavy atom. The van der Waals surface area contributed by atoms with Crippen LogP contribution >= 0.6 is 0 Å². The van der Waals surface area contributed by atoms with Crippen molar-refractivity contribution in [2.75, 3.05) is 13.7 Å². The van der Waals surface area contributed by atoms with Gasteiger partial charge in [-0.3, -0.25) is 4.79 Å². The normalized spacial score (nSPS) is 22.8. The lowest BCUT2D eigenvalue weighted by atomic mass is 9.94. The highest BCUT2D eigenvalue weighted by molar-refractivity contribution is 5.75. The molecule has 1 aliphatic rings. The van der Waals surface area contributed by atoms with Gasteiger partial charge in [-0.1, -0.05) is 19.1 Å². The van der Waals surface area contributed by atoms with Crippen LogP contribution in [0.3, 0.4) is 0 Å². The predicted molar refractivity (Wildman–Crippen MR) is 73.0 cm³/mol. The number of hydrogen-bond donors (Lipinski definition) is 1. The third kappa shape index (κ3) is 3.96. The number of piperidine rings is 1. The van der Waals surface area contributed by atoms with Gasteiger partial charge >= 0.3 is 5.97 Å². The number of hydrogen-bond acceptors (Lipinski definition) is 4. The van der Waals surface area contributed by atoms with E-state index >= 15 is 0 Å². The van der Waals surface area contributed by atoms with Crippen LogP contribution in [-0.2, 0) is 16.1 Å². The Bertz CT molecular complexity index is 416. The van der Waals surface area contributed by atoms with E-state index in [1.165, 1.54) is 0 Å². The van der Waals surface area contributed by atoms with Crippen LogP contribution in [0.2, 0.25) is 0 Å². The van der Waals surface area contributed by atoms with E-state index in [4.69, 9.17) is 9.47 Å². The largest absolute Gasteiger partial charge is 0.497 e. The molecule has 0 aliphatic carbocycles. The second-order valence-corrected chi connectivity index (χ2v) is 5.09. The molecule has 1 aromatic carbocycles. The summed E-state index contributed by atoms with van der Waals surface area (Å²) in [5, 5.41) is 3.21. The van der Waals surface area contributed by atoms with Crippen molar-refractivity contribution in [3.05, 3.63) is 29.8 Å². The van der Waals surface area contributed by atoms with Crippen molar-refractivity contribution in [1.82, 2.24) is 5.32 Å². The average molecular weight is 263 g/mol. The fourth-order valence-electron chi connectivity index (χ4n) is 2.26. The molecular formula is C15H21NO3. The Balaban J connectivity index is 1.82. The molecule has 1 N–H and O–H groups in total. The number of benzene rings is 1. The maximum absolute atomic E-state index is 11.9. The summed E-state index contributed by atoms with van der Waals surface area (Å²) in [7, 11) is 1.63. The van der Waals surface area contributed by atoms with E-state index in [0.29, 0.717) is 12.5 Å². The predicted octanol–water partition coefficient (Wildman–Crippen LogP) is 2.13. The van der Waals surface area contributed by atoms with Gasteiger partial charge in [-0.25, -0.2) is 0 Å². The zero-order chi connectivity index (χ0) is 13.7. The second kappa shape index (κ2) is 6.57. The number of nitrogens with one attached hydrogen (secondary N) is 1. The molecule has 4 heteroatoms. The molecular weight excluding hydrogens is 242 g/mol. The summed E-state index contributed by atoms with van der Waals surface area (Å²) >= 11 is 0. The van der Waals surface area contributed by atoms with Gasteiger partial charge in [0, 0.05) is 0 Å². The Hall–Kier alpha value is -1.55. The molecule has 1 saturated heterocycles. The van der Waals surface area contributed by atoms with Crippen molar-refractivity contribution < 1.29 is 14.3 Å². The molecule has 104 valence electrons. The molecule has 0 amide bonds. The van der Waals surface area contributed by atoms with Gasteiger partial charge in [0.05, 0.1) is 7.11 Å². The number of rotatable bonds is 4. The summed E-state index contributed by atoms with van der Waals surface area (Å²) in [6, 6.07) is 7.39. The lowest BCUT2D eigenvalue weighted by Gasteiger charge is -2.26. The standard InChI is InChI=1S/C15H21NO3/c1-11-7-8-16-14(9-11)15(17)19-10-12-3-5-13(18-2)6-4-12/h3-6,11,14,16H,7-10H2,1-2H3. The molecule has 0 radical (unpaired) electrons. The summed E-state index contributed by atoms with van der Waals surface area (Å²) in [6.07, 6.45) is 1.99. The van der Waals surface area contributed by atoms with E-state index in [-0.39, 0.29) is 12.0 Å². The van der Waals surface area contributed by atoms with Crippen molar-refractivity contribution in [2.24, 2.45) is 5.92 Å². The van der Waals surface area contributed by atoms with Gasteiger partial charge in [-0.2, -0.15) is 0 Å². The summed E-state index contributed by atoms with van der Waals surface area (Å²) in [6.45, 7) is 3.38. The van der Waals surface area contributed by atoms with E-state index in [1.807, 2.05) is 24.3 Å². The summed E-state index contributed by atoms with van der Waals surface area (Å²) < 4.78 is 10.4. The third-order valence-electron chi connectivity index (χ3n) is 3.49. The minimum Gasteiger partial charge on any atom is -0.497 e. The quantitative estimate of drug-likeness (QED) is 0.845. The maximum Gasteiger partial charge on any atom is 0.323 e. The molecule has 0 aromatic heterocycles. The molecule has 0 saturated carbocycles. The van der Waals surface area contributed by atoms with Crippen LogP contribution in [0.1, 0.15) is 25.3 Å². The van der Waals surface area contributed by atoms with Crippen molar-refractivity contribution in [3.8, 4) is 5.75 Å². The third-order valence-corrected chi connectivity index (χ3v) is 3.49. The fourth-order valence-corrected chi connectivity index (χ4v) is 2.26. The minimum absolute atomic E-state index is 0.151. The molecule has 1 aliphatic heterocycles. The van der Waals surface area contributed by atoms with Crippen molar-refractivity contribution >= 4 is 5.97 Å². The van der Waals surface area contributed by atoms with Crippen molar-refractivity contribution in [2.45, 2.75) is 32.4 Å². The second-order valence-electron chi connectivity index (χ2n) is 5.09. The van der Waals surface area contributed by atoms with Gasteiger partial charge in [0.15, 0.2) is 0 Å². The van der Waals surface area contributed by atoms with Crippen LogP contribution in [0.15, 0.2) is 24.3 Å². The monoisotopic (exact) mass is 263 g/mol. The maximum atomic E-state index is 11.9. The number of esters is 1. The van der Waals surface area contributed by atoms with Gasteiger partial charge in [-0.15, -0.1) is 0 Å². The molecule has 2 atom stereocenters. The van der Waals surface area contributed by atoms with E-state index < -0.39 is 0 Å². The number of carbonyl (C=O) groups excluding carboxylic acids is 1. The zero-order valence-corrected chi connectivity index (χ0v) is 11.5. The number of carbonyl (C=O) groups is 1. The first-order valence-corrected chi connectivity index (χ1v) is 6.72. The zero-order valence-electron chi connectivity index (χ0n) is 11.5. The van der Waals surface area contributed by atoms with Gasteiger partial charge in [0.25, 0.3) is 0 Å². The summed E-state index contributed by atoms with van der Waals surface area (Å²) in [5.41, 5.74) is 0.970. The Morgan fingerprint density at radius 2 is 2.11 bits per heavy atom. The van der Waals surface area contributed by atoms with Crippen LogP contribution in [0.25, 0.3) is 0 Å². The van der Waals surface area contributed by atoms with Crippen molar-refractivity contribution in [3.63, 3.8) is 0 Å². The van der Waals surface area contributed by atoms with Gasteiger partial charge in [-0.05, 0) is 43.0 Å². The van der Waals surface area contributed by atoms with E-state index in [0.717, 1.165) is 30.7 Å². The van der Waals surface area contributed by atoms with Gasteiger partial charge in [0.1, 0.15) is 18.4 Å². The minimum atomic E-state index is -0.151. The van der Waals surface area contributed by atoms with Gasteiger partial charge < -0.3 is 14.8 Å². The first-order valence-electron chi connectivity index (χ1n) is 6.72. The fraction of sp³-hybridized carbons (Fsp3) is 0.533. The number of methoxy groups -OCH3 is 1. The Morgan fingerprint density at radius 3 is 2.74 bits per heavy atom. The lowest BCUT2D eigenvalue weighted by Crippen LogP contribution is -2.43. The van der Waals surface area contributed by atoms with Crippen LogP contribution in [-0.4, -0.2) is 25.7 Å². The molecule has 1 heterocycles. The molecule has 1 aromatic rings. The first kappa shape index (κ1) is 13.9. The summed E-state index contributed by atoms with van der Waals surface area (Å²) in [5.74, 6) is 1.24. The van der Waals surface area contributed by atoms with Crippen LogP contribution < -0.4 is 10.1 Å². The van der Waals surface area contributed by atoms with E-state index in [9.17, 15) is 4.79 Å². The van der Waals surface area contributed by atoms with Crippen LogP contribution in [0.5, 0.6) is 5.75 Å². The van der Waals surface area contributed by atoms with E-state index in [2.05, 4.69) is 12.2 Å². The van der Waals surface area contributed by atoms with Crippen molar-refractivity contribution in [1.29, 1.82) is 0 Å². The van der Waals surface area contributed by atoms with Gasteiger partial charge in [0.2, 0.25) is 0 Å². The van der Waals surface area contributed by atoms with Crippen LogP contribution in [0, 0.1) is 5.92 Å². The SMILES string of the molecule is COc1ccc(COC(=O)C2CC(C)CCN2)cc1. The molecule has 19 heavy (non-hydrogen) atoms. The topological polar surface area (TPSA) is 47.6 Å². The highest BCUT2D eigenvalue weighted by Crippen LogP contribution is 2.17. The van der Waals surface area contributed by atoms with Crippen LogP contribution in [0.4, 0.5) is 0 Å². The molecule has 0 spiro atoms. The summed E-state index contributed by atoms with van der Waals surface area (Å²) in [4.78, 5) is 11.9. The highest BCUT2D eigenvalue weighted by Gasteiger charge is 2.25. The molecule has 2 rings (SSSR count). The lowest BCUT2D eigenvalue weighted by molar-refractivity contribution is -0.148. The molecule has 4 nitrogen and oxygen atoms in total.